The maximum atomic E-state index is 12.4. The van der Waals surface area contributed by atoms with E-state index in [0.29, 0.717) is 13.0 Å². The van der Waals surface area contributed by atoms with Gasteiger partial charge < -0.3 is 4.74 Å². The molecule has 158 valence electrons. The maximum Gasteiger partial charge on any atom is 0.240 e. The van der Waals surface area contributed by atoms with Crippen LogP contribution < -0.4 is 9.44 Å². The highest BCUT2D eigenvalue weighted by Gasteiger charge is 2.28. The van der Waals surface area contributed by atoms with E-state index in [-0.39, 0.29) is 28.5 Å². The lowest BCUT2D eigenvalue weighted by Gasteiger charge is -2.13. The molecule has 2 aromatic carbocycles. The van der Waals surface area contributed by atoms with Crippen LogP contribution in [-0.4, -0.2) is 36.0 Å². The van der Waals surface area contributed by atoms with Crippen LogP contribution in [0.2, 0.25) is 0 Å². The Morgan fingerprint density at radius 3 is 2.10 bits per heavy atom. The summed E-state index contributed by atoms with van der Waals surface area (Å²) in [6.45, 7) is 2.60. The van der Waals surface area contributed by atoms with E-state index in [1.54, 1.807) is 0 Å². The fraction of sp³-hybridized carbons (Fsp3) is 0.400. The van der Waals surface area contributed by atoms with Crippen molar-refractivity contribution in [3.05, 3.63) is 60.2 Å². The van der Waals surface area contributed by atoms with E-state index < -0.39 is 20.0 Å². The molecule has 0 bridgehead atoms. The van der Waals surface area contributed by atoms with Gasteiger partial charge in [-0.3, -0.25) is 0 Å². The Morgan fingerprint density at radius 1 is 0.931 bits per heavy atom. The Bertz CT molecular complexity index is 1000. The molecule has 0 aliphatic heterocycles. The van der Waals surface area contributed by atoms with Gasteiger partial charge in [0.15, 0.2) is 0 Å². The van der Waals surface area contributed by atoms with Gasteiger partial charge in [-0.1, -0.05) is 30.3 Å². The molecule has 29 heavy (non-hydrogen) atoms. The van der Waals surface area contributed by atoms with Crippen molar-refractivity contribution in [3.8, 4) is 0 Å². The van der Waals surface area contributed by atoms with Crippen molar-refractivity contribution >= 4 is 20.0 Å². The van der Waals surface area contributed by atoms with Gasteiger partial charge in [-0.15, -0.1) is 0 Å². The Hall–Kier alpha value is -1.78. The van der Waals surface area contributed by atoms with E-state index in [0.717, 1.165) is 18.4 Å². The SMILES string of the molecule is CC(OCCCNS(=O)(=O)c1ccc(S(=O)(=O)NC2CC2)cc1)c1ccccc1. The van der Waals surface area contributed by atoms with E-state index in [4.69, 9.17) is 4.74 Å². The van der Waals surface area contributed by atoms with Crippen molar-refractivity contribution in [2.24, 2.45) is 0 Å². The monoisotopic (exact) mass is 438 g/mol. The van der Waals surface area contributed by atoms with Crippen molar-refractivity contribution in [2.45, 2.75) is 48.1 Å². The molecular weight excluding hydrogens is 412 g/mol. The number of hydrogen-bond donors (Lipinski definition) is 2. The lowest BCUT2D eigenvalue weighted by atomic mass is 10.1. The summed E-state index contributed by atoms with van der Waals surface area (Å²) in [7, 11) is -7.30. The van der Waals surface area contributed by atoms with Crippen LogP contribution in [0.5, 0.6) is 0 Å². The molecule has 1 saturated carbocycles. The molecule has 0 amide bonds. The van der Waals surface area contributed by atoms with Crippen molar-refractivity contribution in [2.75, 3.05) is 13.2 Å². The fourth-order valence-electron chi connectivity index (χ4n) is 2.73. The number of ether oxygens (including phenoxy) is 1. The summed E-state index contributed by atoms with van der Waals surface area (Å²) in [6, 6.07) is 15.0. The molecule has 2 aromatic rings. The van der Waals surface area contributed by atoms with Crippen LogP contribution in [0.3, 0.4) is 0 Å². The zero-order valence-electron chi connectivity index (χ0n) is 16.2. The van der Waals surface area contributed by atoms with E-state index in [2.05, 4.69) is 9.44 Å². The first kappa shape index (κ1) is 21.9. The van der Waals surface area contributed by atoms with Gasteiger partial charge in [-0.05, 0) is 56.0 Å². The molecule has 3 rings (SSSR count). The first-order valence-electron chi connectivity index (χ1n) is 9.56. The summed E-state index contributed by atoms with van der Waals surface area (Å²) < 4.78 is 59.9. The molecule has 9 heteroatoms. The second-order valence-corrected chi connectivity index (χ2v) is 10.5. The largest absolute Gasteiger partial charge is 0.374 e. The summed E-state index contributed by atoms with van der Waals surface area (Å²) in [5.74, 6) is 0. The van der Waals surface area contributed by atoms with Gasteiger partial charge in [0.1, 0.15) is 0 Å². The fourth-order valence-corrected chi connectivity index (χ4v) is 5.11. The molecule has 1 unspecified atom stereocenters. The van der Waals surface area contributed by atoms with E-state index in [1.165, 1.54) is 24.3 Å². The average molecular weight is 439 g/mol. The van der Waals surface area contributed by atoms with Gasteiger partial charge in [0.05, 0.1) is 15.9 Å². The first-order valence-corrected chi connectivity index (χ1v) is 12.5. The van der Waals surface area contributed by atoms with E-state index >= 15 is 0 Å². The van der Waals surface area contributed by atoms with Gasteiger partial charge in [0.25, 0.3) is 0 Å². The zero-order valence-corrected chi connectivity index (χ0v) is 17.9. The lowest BCUT2D eigenvalue weighted by molar-refractivity contribution is 0.0647. The third-order valence-corrected chi connectivity index (χ3v) is 7.61. The van der Waals surface area contributed by atoms with E-state index in [1.807, 2.05) is 37.3 Å². The molecule has 0 aromatic heterocycles. The zero-order chi connectivity index (χ0) is 20.9. The molecule has 0 spiro atoms. The molecule has 0 radical (unpaired) electrons. The molecule has 7 nitrogen and oxygen atoms in total. The Kier molecular flexibility index (Phi) is 7.07. The van der Waals surface area contributed by atoms with Crippen molar-refractivity contribution in [1.29, 1.82) is 0 Å². The summed E-state index contributed by atoms with van der Waals surface area (Å²) in [5, 5.41) is 0. The maximum absolute atomic E-state index is 12.4. The third-order valence-electron chi connectivity index (χ3n) is 4.59. The van der Waals surface area contributed by atoms with Gasteiger partial charge in [-0.25, -0.2) is 26.3 Å². The third kappa shape index (κ3) is 6.35. The number of hydrogen-bond acceptors (Lipinski definition) is 5. The standard InChI is InChI=1S/C20H26N2O5S2/c1-16(17-6-3-2-4-7-17)27-15-5-14-21-28(23,24)19-10-12-20(13-11-19)29(25,26)22-18-8-9-18/h2-4,6-7,10-13,16,18,21-22H,5,8-9,14-15H2,1H3. The smallest absolute Gasteiger partial charge is 0.240 e. The summed E-state index contributed by atoms with van der Waals surface area (Å²) in [5.41, 5.74) is 1.07. The molecule has 1 aliphatic rings. The van der Waals surface area contributed by atoms with Gasteiger partial charge >= 0.3 is 0 Å². The van der Waals surface area contributed by atoms with Crippen LogP contribution in [0.1, 0.15) is 37.9 Å². The predicted molar refractivity (Wildman–Crippen MR) is 110 cm³/mol. The van der Waals surface area contributed by atoms with Crippen molar-refractivity contribution < 1.29 is 21.6 Å². The van der Waals surface area contributed by atoms with Crippen LogP contribution >= 0.6 is 0 Å². The average Bonchev–Trinajstić information content (AvgIpc) is 3.51. The van der Waals surface area contributed by atoms with Crippen LogP contribution in [0.4, 0.5) is 0 Å². The summed E-state index contributed by atoms with van der Waals surface area (Å²) in [6.07, 6.45) is 2.13. The first-order chi connectivity index (χ1) is 13.8. The normalized spacial score (nSPS) is 15.9. The quantitative estimate of drug-likeness (QED) is 0.525. The Morgan fingerprint density at radius 2 is 1.52 bits per heavy atom. The minimum atomic E-state index is -3.71. The van der Waals surface area contributed by atoms with Gasteiger partial charge in [-0.2, -0.15) is 0 Å². The predicted octanol–water partition coefficient (Wildman–Crippen LogP) is 2.57. The number of benzene rings is 2. The Balaban J connectivity index is 1.46. The minimum absolute atomic E-state index is 0.00287. The molecule has 0 heterocycles. The number of sulfonamides is 2. The summed E-state index contributed by atoms with van der Waals surface area (Å²) in [4.78, 5) is 0.0908. The highest BCUT2D eigenvalue weighted by Crippen LogP contribution is 2.23. The summed E-state index contributed by atoms with van der Waals surface area (Å²) >= 11 is 0. The molecular formula is C20H26N2O5S2. The molecule has 0 saturated heterocycles. The van der Waals surface area contributed by atoms with Gasteiger partial charge in [0, 0.05) is 19.2 Å². The van der Waals surface area contributed by atoms with Gasteiger partial charge in [0.2, 0.25) is 20.0 Å². The molecule has 1 atom stereocenters. The van der Waals surface area contributed by atoms with Crippen LogP contribution in [-0.2, 0) is 24.8 Å². The Labute approximate surface area is 172 Å². The van der Waals surface area contributed by atoms with Crippen LogP contribution in [0.15, 0.2) is 64.4 Å². The van der Waals surface area contributed by atoms with Crippen molar-refractivity contribution in [1.82, 2.24) is 9.44 Å². The molecule has 2 N–H and O–H groups in total. The topological polar surface area (TPSA) is 102 Å². The molecule has 1 aliphatic carbocycles. The lowest BCUT2D eigenvalue weighted by Crippen LogP contribution is -2.27. The van der Waals surface area contributed by atoms with Crippen LogP contribution in [0.25, 0.3) is 0 Å². The minimum Gasteiger partial charge on any atom is -0.374 e. The highest BCUT2D eigenvalue weighted by molar-refractivity contribution is 7.90. The van der Waals surface area contributed by atoms with E-state index in [9.17, 15) is 16.8 Å². The second-order valence-electron chi connectivity index (χ2n) is 7.04. The molecule has 1 fully saturated rings. The number of nitrogens with one attached hydrogen (secondary N) is 2. The van der Waals surface area contributed by atoms with Crippen molar-refractivity contribution in [3.63, 3.8) is 0 Å². The second kappa shape index (κ2) is 9.36. The number of rotatable bonds is 11. The van der Waals surface area contributed by atoms with Crippen LogP contribution in [0, 0.1) is 0 Å². The highest BCUT2D eigenvalue weighted by atomic mass is 32.2.